The number of rotatable bonds is 19. The summed E-state index contributed by atoms with van der Waals surface area (Å²) in [6.45, 7) is 6.54. The molecule has 1 aromatic rings. The van der Waals surface area contributed by atoms with Crippen LogP contribution in [0.2, 0.25) is 0 Å². The highest BCUT2D eigenvalue weighted by Gasteiger charge is 2.24. The van der Waals surface area contributed by atoms with Gasteiger partial charge in [0, 0.05) is 12.3 Å². The van der Waals surface area contributed by atoms with Crippen molar-refractivity contribution < 1.29 is 24.5 Å². The Bertz CT molecular complexity index is 685. The molecule has 0 heterocycles. The van der Waals surface area contributed by atoms with Crippen molar-refractivity contribution in [2.45, 2.75) is 111 Å². The molecule has 0 spiro atoms. The van der Waals surface area contributed by atoms with Gasteiger partial charge < -0.3 is 14.9 Å². The molecule has 0 bridgehead atoms. The second-order valence-electron chi connectivity index (χ2n) is 9.38. The fourth-order valence-corrected chi connectivity index (χ4v) is 4.11. The van der Waals surface area contributed by atoms with Crippen LogP contribution in [0.5, 0.6) is 11.5 Å². The van der Waals surface area contributed by atoms with E-state index in [1.807, 2.05) is 13.8 Å². The molecule has 2 N–H and O–H groups in total. The van der Waals surface area contributed by atoms with Crippen molar-refractivity contribution in [1.82, 2.24) is 0 Å². The van der Waals surface area contributed by atoms with Crippen LogP contribution in [0.3, 0.4) is 0 Å². The fraction of sp³-hybridized carbons (Fsp3) is 0.714. The summed E-state index contributed by atoms with van der Waals surface area (Å²) in [5, 5.41) is 19.0. The van der Waals surface area contributed by atoms with Gasteiger partial charge in [0.15, 0.2) is 11.5 Å². The summed E-state index contributed by atoms with van der Waals surface area (Å²) >= 11 is 0. The zero-order valence-corrected chi connectivity index (χ0v) is 21.1. The lowest BCUT2D eigenvalue weighted by molar-refractivity contribution is -0.149. The number of Topliss-reactive ketones (excluding diaryl/α,β-unsaturated/α-hetero) is 1. The number of carbonyl (C=O) groups is 2. The number of aryl methyl sites for hydroxylation is 1. The molecule has 2 unspecified atom stereocenters. The van der Waals surface area contributed by atoms with E-state index in [1.165, 1.54) is 63.5 Å². The maximum atomic E-state index is 12.5. The largest absolute Gasteiger partial charge is 0.504 e. The summed E-state index contributed by atoms with van der Waals surface area (Å²) < 4.78 is 5.50. The third-order valence-electron chi connectivity index (χ3n) is 6.46. The van der Waals surface area contributed by atoms with Gasteiger partial charge >= 0.3 is 5.97 Å². The van der Waals surface area contributed by atoms with Gasteiger partial charge in [-0.3, -0.25) is 9.59 Å². The van der Waals surface area contributed by atoms with Crippen LogP contribution in [-0.4, -0.2) is 28.6 Å². The molecule has 0 aliphatic heterocycles. The Kier molecular flexibility index (Phi) is 15.3. The lowest BCUT2D eigenvalue weighted by atomic mass is 9.89. The van der Waals surface area contributed by atoms with Gasteiger partial charge in [-0.25, -0.2) is 0 Å². The zero-order valence-electron chi connectivity index (χ0n) is 21.1. The molecule has 1 rings (SSSR count). The maximum Gasteiger partial charge on any atom is 0.308 e. The summed E-state index contributed by atoms with van der Waals surface area (Å²) in [6, 6.07) is 4.61. The molecule has 0 saturated heterocycles. The Morgan fingerprint density at radius 2 is 1.48 bits per heavy atom. The molecule has 33 heavy (non-hydrogen) atoms. The molecule has 5 heteroatoms. The molecule has 0 saturated carbocycles. The summed E-state index contributed by atoms with van der Waals surface area (Å²) in [5.74, 6) is -0.889. The van der Waals surface area contributed by atoms with E-state index in [4.69, 9.17) is 4.74 Å². The highest BCUT2D eigenvalue weighted by Crippen LogP contribution is 2.26. The van der Waals surface area contributed by atoms with Gasteiger partial charge in [-0.1, -0.05) is 84.6 Å². The third kappa shape index (κ3) is 12.7. The summed E-state index contributed by atoms with van der Waals surface area (Å²) in [6.07, 6.45) is 14.5. The van der Waals surface area contributed by atoms with Crippen LogP contribution in [0.1, 0.15) is 110 Å². The van der Waals surface area contributed by atoms with E-state index in [2.05, 4.69) is 6.92 Å². The second kappa shape index (κ2) is 17.4. The molecule has 0 aliphatic carbocycles. The fourth-order valence-electron chi connectivity index (χ4n) is 4.11. The number of unbranched alkanes of at least 4 members (excludes halogenated alkanes) is 9. The van der Waals surface area contributed by atoms with E-state index in [9.17, 15) is 19.8 Å². The molecular weight excluding hydrogens is 416 g/mol. The van der Waals surface area contributed by atoms with E-state index in [-0.39, 0.29) is 35.1 Å². The van der Waals surface area contributed by atoms with Crippen molar-refractivity contribution in [3.05, 3.63) is 23.8 Å². The quantitative estimate of drug-likeness (QED) is 0.130. The number of ketones is 1. The van der Waals surface area contributed by atoms with Gasteiger partial charge in [-0.15, -0.1) is 0 Å². The van der Waals surface area contributed by atoms with Crippen LogP contribution in [0.4, 0.5) is 0 Å². The van der Waals surface area contributed by atoms with Crippen molar-refractivity contribution in [3.63, 3.8) is 0 Å². The minimum absolute atomic E-state index is 0.100. The Hall–Kier alpha value is -2.04. The van der Waals surface area contributed by atoms with Gasteiger partial charge in [0.25, 0.3) is 0 Å². The number of phenolic OH excluding ortho intramolecular Hbond substituents is 2. The number of hydrogen-bond donors (Lipinski definition) is 2. The van der Waals surface area contributed by atoms with Crippen molar-refractivity contribution in [1.29, 1.82) is 0 Å². The number of carbonyl (C=O) groups excluding carboxylic acids is 2. The molecular formula is C28H46O5. The Balaban J connectivity index is 2.20. The SMILES string of the molecule is CCCCCCCCCCCCOC(=O)C(CC)CC(C)C(=O)CCc1ccc(O)c(O)c1. The van der Waals surface area contributed by atoms with Crippen LogP contribution in [0.25, 0.3) is 0 Å². The van der Waals surface area contributed by atoms with E-state index in [0.29, 0.717) is 32.3 Å². The normalized spacial score (nSPS) is 12.9. The van der Waals surface area contributed by atoms with E-state index < -0.39 is 0 Å². The molecule has 2 atom stereocenters. The average molecular weight is 463 g/mol. The summed E-state index contributed by atoms with van der Waals surface area (Å²) in [4.78, 5) is 25.0. The Morgan fingerprint density at radius 1 is 0.879 bits per heavy atom. The lowest BCUT2D eigenvalue weighted by Crippen LogP contribution is -2.23. The number of esters is 1. The van der Waals surface area contributed by atoms with Crippen LogP contribution in [0, 0.1) is 11.8 Å². The van der Waals surface area contributed by atoms with Crippen molar-refractivity contribution in [3.8, 4) is 11.5 Å². The van der Waals surface area contributed by atoms with Crippen LogP contribution in [0.15, 0.2) is 18.2 Å². The number of ether oxygens (including phenoxy) is 1. The lowest BCUT2D eigenvalue weighted by Gasteiger charge is -2.18. The second-order valence-corrected chi connectivity index (χ2v) is 9.38. The predicted molar refractivity (Wildman–Crippen MR) is 133 cm³/mol. The van der Waals surface area contributed by atoms with Gasteiger partial charge in [-0.2, -0.15) is 0 Å². The molecule has 188 valence electrons. The van der Waals surface area contributed by atoms with Gasteiger partial charge in [-0.05, 0) is 43.4 Å². The molecule has 5 nitrogen and oxygen atoms in total. The number of hydrogen-bond acceptors (Lipinski definition) is 5. The smallest absolute Gasteiger partial charge is 0.308 e. The molecule has 0 aliphatic rings. The zero-order chi connectivity index (χ0) is 24.5. The summed E-state index contributed by atoms with van der Waals surface area (Å²) in [5.41, 5.74) is 0.800. The van der Waals surface area contributed by atoms with Crippen LogP contribution < -0.4 is 0 Å². The molecule has 0 amide bonds. The number of benzene rings is 1. The first kappa shape index (κ1) is 29.0. The van der Waals surface area contributed by atoms with Crippen LogP contribution >= 0.6 is 0 Å². The Labute approximate surface area is 200 Å². The number of aromatic hydroxyl groups is 2. The predicted octanol–water partition coefficient (Wildman–Crippen LogP) is 7.12. The average Bonchev–Trinajstić information content (AvgIpc) is 2.81. The topological polar surface area (TPSA) is 83.8 Å². The Morgan fingerprint density at radius 3 is 2.06 bits per heavy atom. The maximum absolute atomic E-state index is 12.5. The highest BCUT2D eigenvalue weighted by atomic mass is 16.5. The molecule has 0 aromatic heterocycles. The van der Waals surface area contributed by atoms with Crippen LogP contribution in [-0.2, 0) is 20.7 Å². The first-order valence-corrected chi connectivity index (χ1v) is 13.1. The monoisotopic (exact) mass is 462 g/mol. The van der Waals surface area contributed by atoms with E-state index in [1.54, 1.807) is 6.07 Å². The van der Waals surface area contributed by atoms with E-state index >= 15 is 0 Å². The first-order valence-electron chi connectivity index (χ1n) is 13.1. The van der Waals surface area contributed by atoms with Crippen molar-refractivity contribution >= 4 is 11.8 Å². The molecule has 1 aromatic carbocycles. The highest BCUT2D eigenvalue weighted by molar-refractivity contribution is 5.82. The van der Waals surface area contributed by atoms with Gasteiger partial charge in [0.05, 0.1) is 12.5 Å². The first-order chi connectivity index (χ1) is 15.9. The van der Waals surface area contributed by atoms with Crippen molar-refractivity contribution in [2.75, 3.05) is 6.61 Å². The number of phenols is 2. The minimum atomic E-state index is -0.246. The van der Waals surface area contributed by atoms with E-state index in [0.717, 1.165) is 18.4 Å². The molecule has 0 fully saturated rings. The summed E-state index contributed by atoms with van der Waals surface area (Å²) in [7, 11) is 0. The van der Waals surface area contributed by atoms with Crippen molar-refractivity contribution in [2.24, 2.45) is 11.8 Å². The van der Waals surface area contributed by atoms with Gasteiger partial charge in [0.1, 0.15) is 5.78 Å². The van der Waals surface area contributed by atoms with Gasteiger partial charge in [0.2, 0.25) is 0 Å². The standard InChI is InChI=1S/C28H46O5/c1-4-6-7-8-9-10-11-12-13-14-19-33-28(32)24(5-2)20-22(3)25(29)17-15-23-16-18-26(30)27(31)21-23/h16,18,21-22,24,30-31H,4-15,17,19-20H2,1-3H3. The molecule has 0 radical (unpaired) electrons. The third-order valence-corrected chi connectivity index (χ3v) is 6.46. The minimum Gasteiger partial charge on any atom is -0.504 e.